The van der Waals surface area contributed by atoms with E-state index in [-0.39, 0.29) is 28.4 Å². The molecule has 0 saturated carbocycles. The highest BCUT2D eigenvalue weighted by atomic mass is 35.5. The molecule has 10 nitrogen and oxygen atoms in total. The lowest BCUT2D eigenvalue weighted by Crippen LogP contribution is -2.29. The van der Waals surface area contributed by atoms with E-state index >= 15 is 0 Å². The number of esters is 1. The number of carbonyl (C=O) groups excluding carboxylic acids is 2. The number of nitro benzene ring substituents is 1. The summed E-state index contributed by atoms with van der Waals surface area (Å²) in [6.45, 7) is 0.147. The van der Waals surface area contributed by atoms with Gasteiger partial charge in [0.15, 0.2) is 4.90 Å². The molecule has 1 aliphatic heterocycles. The number of hydrogen-bond donors (Lipinski definition) is 1. The van der Waals surface area contributed by atoms with Gasteiger partial charge in [0.2, 0.25) is 0 Å². The van der Waals surface area contributed by atoms with Gasteiger partial charge in [-0.25, -0.2) is 13.2 Å². The molecule has 4 rings (SSSR count). The molecule has 3 aromatic carbocycles. The number of amides is 1. The highest BCUT2D eigenvalue weighted by Crippen LogP contribution is 2.36. The van der Waals surface area contributed by atoms with E-state index in [9.17, 15) is 28.1 Å². The number of nitrogens with zero attached hydrogens (tertiary/aromatic N) is 2. The van der Waals surface area contributed by atoms with Gasteiger partial charge in [0.05, 0.1) is 29.0 Å². The van der Waals surface area contributed by atoms with E-state index in [2.05, 4.69) is 10.1 Å². The van der Waals surface area contributed by atoms with Crippen molar-refractivity contribution in [3.8, 4) is 0 Å². The summed E-state index contributed by atoms with van der Waals surface area (Å²) in [5, 5.41) is 14.5. The van der Waals surface area contributed by atoms with Crippen LogP contribution in [-0.4, -0.2) is 38.9 Å². The molecule has 180 valence electrons. The molecule has 0 aromatic heterocycles. The maximum Gasteiger partial charge on any atom is 0.340 e. The quantitative estimate of drug-likeness (QED) is 0.297. The van der Waals surface area contributed by atoms with Gasteiger partial charge in [-0.2, -0.15) is 0 Å². The van der Waals surface area contributed by atoms with Crippen molar-refractivity contribution in [3.05, 3.63) is 92.5 Å². The normalized spacial score (nSPS) is 12.7. The minimum Gasteiger partial charge on any atom is -0.465 e. The van der Waals surface area contributed by atoms with Gasteiger partial charge < -0.3 is 10.1 Å². The number of nitrogens with one attached hydrogen (secondary N) is 1. The van der Waals surface area contributed by atoms with Gasteiger partial charge in [0.25, 0.3) is 21.6 Å². The molecule has 0 atom stereocenters. The Morgan fingerprint density at radius 3 is 2.57 bits per heavy atom. The third-order valence-electron chi connectivity index (χ3n) is 5.47. The molecule has 1 amide bonds. The van der Waals surface area contributed by atoms with Crippen LogP contribution in [0, 0.1) is 10.1 Å². The summed E-state index contributed by atoms with van der Waals surface area (Å²) in [7, 11) is -3.11. The number of benzene rings is 3. The highest BCUT2D eigenvalue weighted by molar-refractivity contribution is 7.93. The Hall–Kier alpha value is -3.96. The van der Waals surface area contributed by atoms with Crippen LogP contribution in [0.2, 0.25) is 5.02 Å². The van der Waals surface area contributed by atoms with Gasteiger partial charge >= 0.3 is 5.97 Å². The summed E-state index contributed by atoms with van der Waals surface area (Å²) in [6, 6.07) is 14.1. The molecule has 0 aliphatic carbocycles. The molecule has 0 saturated heterocycles. The van der Waals surface area contributed by atoms with Gasteiger partial charge in [0, 0.05) is 23.2 Å². The van der Waals surface area contributed by atoms with Gasteiger partial charge in [-0.05, 0) is 48.4 Å². The Morgan fingerprint density at radius 1 is 1.11 bits per heavy atom. The van der Waals surface area contributed by atoms with Gasteiger partial charge in [0.1, 0.15) is 0 Å². The number of ether oxygens (including phenoxy) is 1. The number of nitro groups is 1. The molecule has 35 heavy (non-hydrogen) atoms. The number of para-hydroxylation sites is 1. The Bertz CT molecular complexity index is 1470. The monoisotopic (exact) mass is 515 g/mol. The Kier molecular flexibility index (Phi) is 6.46. The van der Waals surface area contributed by atoms with E-state index < -0.39 is 37.4 Å². The Morgan fingerprint density at radius 2 is 1.86 bits per heavy atom. The van der Waals surface area contributed by atoms with Crippen LogP contribution >= 0.6 is 11.6 Å². The zero-order valence-electron chi connectivity index (χ0n) is 18.2. The highest BCUT2D eigenvalue weighted by Gasteiger charge is 2.36. The van der Waals surface area contributed by atoms with Crippen LogP contribution in [0.4, 0.5) is 17.1 Å². The van der Waals surface area contributed by atoms with E-state index in [4.69, 9.17) is 11.6 Å². The van der Waals surface area contributed by atoms with E-state index in [1.807, 2.05) is 0 Å². The van der Waals surface area contributed by atoms with E-state index in [1.165, 1.54) is 24.3 Å². The topological polar surface area (TPSA) is 136 Å². The van der Waals surface area contributed by atoms with Gasteiger partial charge in [-0.15, -0.1) is 0 Å². The van der Waals surface area contributed by atoms with Crippen LogP contribution in [0.15, 0.2) is 65.6 Å². The number of sulfonamides is 1. The Labute approximate surface area is 205 Å². The molecular weight excluding hydrogens is 498 g/mol. The number of carbonyl (C=O) groups is 2. The first-order valence-electron chi connectivity index (χ1n) is 10.2. The first-order valence-corrected chi connectivity index (χ1v) is 12.0. The second-order valence-electron chi connectivity index (χ2n) is 7.53. The smallest absolute Gasteiger partial charge is 0.340 e. The molecular formula is C23H18ClN3O7S. The molecule has 0 fully saturated rings. The van der Waals surface area contributed by atoms with Crippen LogP contribution in [0.25, 0.3) is 0 Å². The van der Waals surface area contributed by atoms with Crippen molar-refractivity contribution in [1.82, 2.24) is 0 Å². The fraction of sp³-hybridized carbons (Fsp3) is 0.130. The maximum atomic E-state index is 13.3. The average Bonchev–Trinajstić information content (AvgIpc) is 3.29. The SMILES string of the molecule is COC(=O)c1cc(Cl)ccc1NC(=O)c1ccc(S(=O)(=O)N2CCc3ccccc32)c([N+](=O)[O-])c1. The molecule has 3 aromatic rings. The zero-order valence-corrected chi connectivity index (χ0v) is 19.8. The summed E-state index contributed by atoms with van der Waals surface area (Å²) in [4.78, 5) is 35.3. The third-order valence-corrected chi connectivity index (χ3v) is 7.56. The molecule has 0 spiro atoms. The fourth-order valence-electron chi connectivity index (χ4n) is 3.79. The Balaban J connectivity index is 1.69. The number of halogens is 1. The fourth-order valence-corrected chi connectivity index (χ4v) is 5.61. The average molecular weight is 516 g/mol. The van der Waals surface area contributed by atoms with Gasteiger partial charge in [-0.1, -0.05) is 29.8 Å². The lowest BCUT2D eigenvalue weighted by molar-refractivity contribution is -0.387. The molecule has 0 radical (unpaired) electrons. The van der Waals surface area contributed by atoms with Crippen molar-refractivity contribution in [2.24, 2.45) is 0 Å². The molecule has 1 aliphatic rings. The first kappa shape index (κ1) is 24.2. The predicted molar refractivity (Wildman–Crippen MR) is 129 cm³/mol. The summed E-state index contributed by atoms with van der Waals surface area (Å²) < 4.78 is 32.5. The van der Waals surface area contributed by atoms with Crippen molar-refractivity contribution >= 4 is 50.6 Å². The maximum absolute atomic E-state index is 13.3. The minimum absolute atomic E-state index is 0.0188. The number of rotatable bonds is 6. The van der Waals surface area contributed by atoms with E-state index in [0.29, 0.717) is 12.1 Å². The van der Waals surface area contributed by atoms with Crippen LogP contribution in [0.1, 0.15) is 26.3 Å². The van der Waals surface area contributed by atoms with Crippen LogP contribution in [-0.2, 0) is 21.2 Å². The minimum atomic E-state index is -4.27. The number of methoxy groups -OCH3 is 1. The van der Waals surface area contributed by atoms with Crippen LogP contribution in [0.5, 0.6) is 0 Å². The number of fused-ring (bicyclic) bond motifs is 1. The van der Waals surface area contributed by atoms with Crippen molar-refractivity contribution in [2.45, 2.75) is 11.3 Å². The third kappa shape index (κ3) is 4.55. The second-order valence-corrected chi connectivity index (χ2v) is 9.80. The van der Waals surface area contributed by atoms with Crippen molar-refractivity contribution in [2.75, 3.05) is 23.3 Å². The molecule has 1 heterocycles. The lowest BCUT2D eigenvalue weighted by atomic mass is 10.1. The predicted octanol–water partition coefficient (Wildman–Crippen LogP) is 4.04. The standard InChI is InChI=1S/C23H18ClN3O7S/c1-34-23(29)17-13-16(24)7-8-18(17)25-22(28)15-6-9-21(20(12-15)27(30)31)35(32,33)26-11-10-14-4-2-3-5-19(14)26/h2-9,12-13H,10-11H2,1H3,(H,25,28). The van der Waals surface area contributed by atoms with Crippen LogP contribution < -0.4 is 9.62 Å². The van der Waals surface area contributed by atoms with E-state index in [1.54, 1.807) is 24.3 Å². The molecule has 0 bridgehead atoms. The zero-order chi connectivity index (χ0) is 25.3. The number of hydrogen-bond acceptors (Lipinski definition) is 7. The van der Waals surface area contributed by atoms with E-state index in [0.717, 1.165) is 29.1 Å². The van der Waals surface area contributed by atoms with Crippen molar-refractivity contribution in [3.63, 3.8) is 0 Å². The summed E-state index contributed by atoms with van der Waals surface area (Å²) >= 11 is 5.92. The second kappa shape index (κ2) is 9.35. The lowest BCUT2D eigenvalue weighted by Gasteiger charge is -2.19. The summed E-state index contributed by atoms with van der Waals surface area (Å²) in [5.41, 5.74) is 0.407. The van der Waals surface area contributed by atoms with Gasteiger partial charge in [-0.3, -0.25) is 19.2 Å². The van der Waals surface area contributed by atoms with Crippen molar-refractivity contribution < 1.29 is 27.7 Å². The summed E-state index contributed by atoms with van der Waals surface area (Å²) in [5.74, 6) is -1.54. The molecule has 0 unspecified atom stereocenters. The molecule has 12 heteroatoms. The van der Waals surface area contributed by atoms with Crippen LogP contribution in [0.3, 0.4) is 0 Å². The first-order chi connectivity index (χ1) is 16.6. The largest absolute Gasteiger partial charge is 0.465 e. The number of anilines is 2. The molecule has 1 N–H and O–H groups in total. The van der Waals surface area contributed by atoms with Crippen molar-refractivity contribution in [1.29, 1.82) is 0 Å². The summed E-state index contributed by atoms with van der Waals surface area (Å²) in [6.07, 6.45) is 0.479.